The first kappa shape index (κ1) is 25.3. The van der Waals surface area contributed by atoms with Crippen LogP contribution in [0.25, 0.3) is 21.5 Å². The van der Waals surface area contributed by atoms with E-state index < -0.39 is 18.9 Å². The third-order valence-electron chi connectivity index (χ3n) is 5.14. The monoisotopic (exact) mass is 516 g/mol. The molecule has 0 atom stereocenters. The van der Waals surface area contributed by atoms with E-state index >= 15 is 0 Å². The Morgan fingerprint density at radius 3 is 1.47 bits per heavy atom. The van der Waals surface area contributed by atoms with E-state index in [4.69, 9.17) is 17.0 Å². The molecule has 4 rings (SSSR count). The fraction of sp³-hybridized carbons (Fsp3) is 0.296. The topological polar surface area (TPSA) is 0 Å². The number of hydrogen-bond donors (Lipinski definition) is 0. The van der Waals surface area contributed by atoms with E-state index in [-0.39, 0.29) is 0 Å². The van der Waals surface area contributed by atoms with Crippen LogP contribution >= 0.6 is 17.0 Å². The second-order valence-corrected chi connectivity index (χ2v) is 15.6. The Kier molecular flexibility index (Phi) is 11.9. The van der Waals surface area contributed by atoms with Crippen molar-refractivity contribution < 1.29 is 18.9 Å². The molecule has 4 aromatic carbocycles. The van der Waals surface area contributed by atoms with Gasteiger partial charge >= 0.3 is 40.1 Å². The van der Waals surface area contributed by atoms with Crippen molar-refractivity contribution in [3.8, 4) is 0 Å². The summed E-state index contributed by atoms with van der Waals surface area (Å²) in [4.78, 5) is 0. The van der Waals surface area contributed by atoms with Gasteiger partial charge < -0.3 is 0 Å². The van der Waals surface area contributed by atoms with Gasteiger partial charge in [-0.2, -0.15) is 11.1 Å². The van der Waals surface area contributed by atoms with Crippen LogP contribution in [-0.4, -0.2) is 4.21 Å². The predicted octanol–water partition coefficient (Wildman–Crippen LogP) is 9.15. The van der Waals surface area contributed by atoms with Crippen molar-refractivity contribution in [1.29, 1.82) is 0 Å². The van der Waals surface area contributed by atoms with Crippen LogP contribution in [0, 0.1) is 0 Å². The van der Waals surface area contributed by atoms with Crippen LogP contribution < -0.4 is 0 Å². The number of halogens is 2. The average Bonchev–Trinajstić information content (AvgIpc) is 3.35. The van der Waals surface area contributed by atoms with Gasteiger partial charge in [-0.05, 0) is 0 Å². The minimum absolute atomic E-state index is 1.23. The Bertz CT molecular complexity index is 943. The van der Waals surface area contributed by atoms with E-state index in [0.29, 0.717) is 0 Å². The number of aryl methyl sites for hydroxylation is 2. The molecule has 0 aliphatic heterocycles. The van der Waals surface area contributed by atoms with Gasteiger partial charge in [0.2, 0.25) is 0 Å². The molecule has 0 fully saturated rings. The van der Waals surface area contributed by atoms with Crippen LogP contribution in [0.1, 0.15) is 50.7 Å². The molecule has 0 amide bonds. The summed E-state index contributed by atoms with van der Waals surface area (Å²) >= 11 is -1.85. The van der Waals surface area contributed by atoms with Gasteiger partial charge in [0.15, 0.2) is 0 Å². The number of fused-ring (bicyclic) bond motifs is 2. The molecule has 0 aromatic heterocycles. The molecule has 4 aromatic rings. The summed E-state index contributed by atoms with van der Waals surface area (Å²) in [6.07, 6.45) is 7.61. The Morgan fingerprint density at radius 1 is 0.733 bits per heavy atom. The molecule has 0 heterocycles. The Balaban J connectivity index is 0.000000182. The maximum atomic E-state index is 5.13. The molecular formula is C27H32Cl2Zr-2. The second kappa shape index (κ2) is 14.1. The van der Waals surface area contributed by atoms with Gasteiger partial charge in [0.25, 0.3) is 0 Å². The summed E-state index contributed by atoms with van der Waals surface area (Å²) in [5.74, 6) is 0. The van der Waals surface area contributed by atoms with Crippen LogP contribution in [0.3, 0.4) is 0 Å². The van der Waals surface area contributed by atoms with E-state index in [9.17, 15) is 0 Å². The molecule has 160 valence electrons. The molecule has 0 radical (unpaired) electrons. The SMILES string of the molecule is CCCCc1c[cH-]c2ccccc12.CCCCc1c[cH-]c2ccccc12.[CH2]=[Zr]([Cl])[Cl]. The van der Waals surface area contributed by atoms with Crippen LogP contribution in [0.5, 0.6) is 0 Å². The first-order chi connectivity index (χ1) is 14.6. The summed E-state index contributed by atoms with van der Waals surface area (Å²) in [6.45, 7) is 4.48. The number of unbranched alkanes of at least 4 members (excludes halogenated alkanes) is 2. The fourth-order valence-corrected chi connectivity index (χ4v) is 3.60. The number of benzene rings is 2. The van der Waals surface area contributed by atoms with Gasteiger partial charge in [-0.3, -0.25) is 0 Å². The average molecular weight is 519 g/mol. The van der Waals surface area contributed by atoms with E-state index in [1.165, 1.54) is 71.2 Å². The van der Waals surface area contributed by atoms with Gasteiger partial charge in [-0.15, -0.1) is 82.2 Å². The van der Waals surface area contributed by atoms with E-state index in [0.717, 1.165) is 0 Å². The molecule has 3 heteroatoms. The standard InChI is InChI=1S/2C13H15.CH2.2ClH.Zr/c2*1-2-3-6-11-9-10-12-7-4-5-8-13(11)12;;;;/h2*4-5,7-10H,2-3,6H2,1H3;1H2;2*1H;/q2*-1;;;;+2/p-2. The first-order valence-electron chi connectivity index (χ1n) is 10.8. The second-order valence-electron chi connectivity index (χ2n) is 7.44. The van der Waals surface area contributed by atoms with Crippen molar-refractivity contribution >= 4 is 42.8 Å². The van der Waals surface area contributed by atoms with Gasteiger partial charge in [-0.25, -0.2) is 0 Å². The summed E-state index contributed by atoms with van der Waals surface area (Å²) in [5.41, 5.74) is 3.02. The van der Waals surface area contributed by atoms with Crippen molar-refractivity contribution in [1.82, 2.24) is 0 Å². The minimum atomic E-state index is -1.85. The first-order valence-corrected chi connectivity index (χ1v) is 18.9. The normalized spacial score (nSPS) is 10.3. The summed E-state index contributed by atoms with van der Waals surface area (Å²) in [5, 5.41) is 5.65. The molecule has 0 bridgehead atoms. The summed E-state index contributed by atoms with van der Waals surface area (Å²) in [7, 11) is 10.3. The van der Waals surface area contributed by atoms with Crippen molar-refractivity contribution in [3.63, 3.8) is 0 Å². The zero-order chi connectivity index (χ0) is 21.8. The van der Waals surface area contributed by atoms with Crippen molar-refractivity contribution in [3.05, 3.63) is 83.9 Å². The molecule has 0 saturated heterocycles. The van der Waals surface area contributed by atoms with E-state index in [1.54, 1.807) is 0 Å². The molecule has 30 heavy (non-hydrogen) atoms. The van der Waals surface area contributed by atoms with Crippen LogP contribution in [0.4, 0.5) is 0 Å². The molecule has 0 unspecified atom stereocenters. The molecule has 0 aliphatic carbocycles. The number of rotatable bonds is 6. The van der Waals surface area contributed by atoms with Gasteiger partial charge in [0.1, 0.15) is 0 Å². The van der Waals surface area contributed by atoms with E-state index in [1.807, 2.05) is 0 Å². The fourth-order valence-electron chi connectivity index (χ4n) is 3.60. The third-order valence-corrected chi connectivity index (χ3v) is 5.14. The van der Waals surface area contributed by atoms with E-state index in [2.05, 4.69) is 90.9 Å². The Labute approximate surface area is 196 Å². The zero-order valence-electron chi connectivity index (χ0n) is 18.1. The Morgan fingerprint density at radius 2 is 1.10 bits per heavy atom. The quantitative estimate of drug-likeness (QED) is 0.223. The van der Waals surface area contributed by atoms with Crippen LogP contribution in [-0.2, 0) is 31.7 Å². The van der Waals surface area contributed by atoms with Gasteiger partial charge in [0.05, 0.1) is 0 Å². The summed E-state index contributed by atoms with van der Waals surface area (Å²) < 4.78 is 3.37. The molecule has 0 N–H and O–H groups in total. The van der Waals surface area contributed by atoms with Crippen LogP contribution in [0.15, 0.2) is 72.8 Å². The van der Waals surface area contributed by atoms with Gasteiger partial charge in [0, 0.05) is 0 Å². The third kappa shape index (κ3) is 8.26. The molecular weight excluding hydrogens is 486 g/mol. The predicted molar refractivity (Wildman–Crippen MR) is 135 cm³/mol. The van der Waals surface area contributed by atoms with Crippen LogP contribution in [0.2, 0.25) is 0 Å². The van der Waals surface area contributed by atoms with Crippen molar-refractivity contribution in [2.24, 2.45) is 0 Å². The molecule has 0 saturated carbocycles. The molecule has 0 aliphatic rings. The Hall–Kier alpha value is -1.01. The van der Waals surface area contributed by atoms with Crippen molar-refractivity contribution in [2.75, 3.05) is 0 Å². The zero-order valence-corrected chi connectivity index (χ0v) is 22.1. The molecule has 0 nitrogen and oxygen atoms in total. The number of hydrogen-bond acceptors (Lipinski definition) is 0. The van der Waals surface area contributed by atoms with Crippen molar-refractivity contribution in [2.45, 2.75) is 52.4 Å². The molecule has 0 spiro atoms. The maximum absolute atomic E-state index is 5.13. The summed E-state index contributed by atoms with van der Waals surface area (Å²) in [6, 6.07) is 26.2. The van der Waals surface area contributed by atoms with Gasteiger partial charge in [-0.1, -0.05) is 64.5 Å².